The fourth-order valence-electron chi connectivity index (χ4n) is 2.85. The summed E-state index contributed by atoms with van der Waals surface area (Å²) in [6.07, 6.45) is -9.07. The van der Waals surface area contributed by atoms with Crippen LogP contribution >= 0.6 is 12.4 Å². The molecule has 0 aliphatic carbocycles. The van der Waals surface area contributed by atoms with Crippen LogP contribution in [0.2, 0.25) is 0 Å². The number of fused-ring (bicyclic) bond motifs is 1. The lowest BCUT2D eigenvalue weighted by molar-refractivity contribution is -0.191. The molecule has 1 N–H and O–H groups in total. The second-order valence-electron chi connectivity index (χ2n) is 6.53. The number of aromatic nitrogens is 4. The van der Waals surface area contributed by atoms with E-state index in [0.717, 1.165) is 12.1 Å². The summed E-state index contributed by atoms with van der Waals surface area (Å²) in [5.74, 6) is -1.08. The Balaban J connectivity index is 0.00000289. The molecule has 170 valence electrons. The van der Waals surface area contributed by atoms with Crippen LogP contribution in [0, 0.1) is 0 Å². The molecule has 0 bridgehead atoms. The maximum Gasteiger partial charge on any atom is 0.425 e. The average molecular weight is 479 g/mol. The summed E-state index contributed by atoms with van der Waals surface area (Å²) in [4.78, 5) is 11.2. The van der Waals surface area contributed by atoms with E-state index in [1.807, 2.05) is 0 Å². The van der Waals surface area contributed by atoms with E-state index in [4.69, 9.17) is 4.52 Å². The maximum absolute atomic E-state index is 13.5. The first-order chi connectivity index (χ1) is 14.5. The Labute approximate surface area is 182 Å². The number of pyridine rings is 1. The van der Waals surface area contributed by atoms with E-state index in [1.54, 1.807) is 18.3 Å². The van der Waals surface area contributed by atoms with Gasteiger partial charge in [0.15, 0.2) is 6.10 Å². The maximum atomic E-state index is 13.5. The Hall–Kier alpha value is -3.28. The molecule has 6 nitrogen and oxygen atoms in total. The van der Waals surface area contributed by atoms with Crippen LogP contribution in [0.3, 0.4) is 0 Å². The van der Waals surface area contributed by atoms with Crippen LogP contribution in [0.1, 0.15) is 12.5 Å². The van der Waals surface area contributed by atoms with Crippen LogP contribution < -0.4 is 4.74 Å². The van der Waals surface area contributed by atoms with Gasteiger partial charge in [0.1, 0.15) is 11.4 Å². The van der Waals surface area contributed by atoms with E-state index in [0.29, 0.717) is 29.6 Å². The molecule has 1 unspecified atom stereocenters. The van der Waals surface area contributed by atoms with Gasteiger partial charge in [0.2, 0.25) is 5.82 Å². The van der Waals surface area contributed by atoms with Crippen molar-refractivity contribution in [1.29, 1.82) is 0 Å². The summed E-state index contributed by atoms with van der Waals surface area (Å²) >= 11 is 0. The number of nitrogens with one attached hydrogen (secondary N) is 1. The summed E-state index contributed by atoms with van der Waals surface area (Å²) in [5, 5.41) is 4.48. The van der Waals surface area contributed by atoms with Gasteiger partial charge in [-0.25, -0.2) is 4.98 Å². The van der Waals surface area contributed by atoms with Crippen molar-refractivity contribution in [2.75, 3.05) is 0 Å². The third kappa shape index (κ3) is 4.49. The normalized spacial score (nSPS) is 13.1. The summed E-state index contributed by atoms with van der Waals surface area (Å²) in [6.45, 7) is 0.620. The molecule has 1 atom stereocenters. The Morgan fingerprint density at radius 3 is 2.50 bits per heavy atom. The minimum Gasteiger partial charge on any atom is -0.481 e. The standard InChI is InChI=1S/C19H12F6N4O2.ClH/c1-9(18(20,21)22)30-14-3-2-10(8-13(14)19(23,24)25)17-28-16(29-31-17)12-5-7-27-15-11(12)4-6-26-15;/h2-9H,1H3,(H,26,27);1H. The van der Waals surface area contributed by atoms with Gasteiger partial charge in [0.05, 0.1) is 5.56 Å². The SMILES string of the molecule is CC(Oc1ccc(-c2nc(-c3ccnc4[nH]ccc34)no2)cc1C(F)(F)F)C(F)(F)F.Cl. The van der Waals surface area contributed by atoms with Crippen molar-refractivity contribution in [1.82, 2.24) is 20.1 Å². The summed E-state index contributed by atoms with van der Waals surface area (Å²) in [7, 11) is 0. The third-order valence-electron chi connectivity index (χ3n) is 4.42. The molecule has 0 radical (unpaired) electrons. The van der Waals surface area contributed by atoms with Crippen molar-refractivity contribution >= 4 is 23.4 Å². The van der Waals surface area contributed by atoms with Crippen molar-refractivity contribution in [3.63, 3.8) is 0 Å². The predicted octanol–water partition coefficient (Wildman–Crippen LogP) is 6.05. The highest BCUT2D eigenvalue weighted by atomic mass is 35.5. The van der Waals surface area contributed by atoms with Gasteiger partial charge in [-0.15, -0.1) is 12.4 Å². The molecule has 4 aromatic rings. The molecule has 3 heterocycles. The smallest absolute Gasteiger partial charge is 0.425 e. The fourth-order valence-corrected chi connectivity index (χ4v) is 2.85. The molecule has 4 rings (SSSR count). The van der Waals surface area contributed by atoms with Crippen LogP contribution in [-0.2, 0) is 6.18 Å². The molecular weight excluding hydrogens is 466 g/mol. The number of aromatic amines is 1. The van der Waals surface area contributed by atoms with Crippen molar-refractivity contribution in [3.05, 3.63) is 48.3 Å². The van der Waals surface area contributed by atoms with Gasteiger partial charge >= 0.3 is 12.4 Å². The zero-order chi connectivity index (χ0) is 22.4. The van der Waals surface area contributed by atoms with E-state index >= 15 is 0 Å². The fraction of sp³-hybridized carbons (Fsp3) is 0.211. The number of nitrogens with zero attached hydrogens (tertiary/aromatic N) is 3. The molecule has 0 spiro atoms. The van der Waals surface area contributed by atoms with Crippen molar-refractivity contribution in [2.45, 2.75) is 25.4 Å². The van der Waals surface area contributed by atoms with Crippen LogP contribution in [-0.4, -0.2) is 32.4 Å². The molecule has 1 aromatic carbocycles. The van der Waals surface area contributed by atoms with Crippen LogP contribution in [0.4, 0.5) is 26.3 Å². The minimum absolute atomic E-state index is 0. The van der Waals surface area contributed by atoms with Crippen LogP contribution in [0.5, 0.6) is 5.75 Å². The molecule has 0 aliphatic rings. The van der Waals surface area contributed by atoms with E-state index in [2.05, 4.69) is 24.8 Å². The topological polar surface area (TPSA) is 76.8 Å². The van der Waals surface area contributed by atoms with Gasteiger partial charge in [-0.2, -0.15) is 31.3 Å². The molecule has 3 aromatic heterocycles. The average Bonchev–Trinajstić information content (AvgIpc) is 3.36. The number of rotatable bonds is 4. The number of alkyl halides is 6. The number of ether oxygens (including phenoxy) is 1. The molecule has 0 fully saturated rings. The van der Waals surface area contributed by atoms with E-state index in [1.165, 1.54) is 6.20 Å². The third-order valence-corrected chi connectivity index (χ3v) is 4.42. The Morgan fingerprint density at radius 1 is 1.06 bits per heavy atom. The van der Waals surface area contributed by atoms with Gasteiger partial charge in [-0.3, -0.25) is 0 Å². The quantitative estimate of drug-likeness (QED) is 0.361. The summed E-state index contributed by atoms with van der Waals surface area (Å²) in [6, 6.07) is 5.85. The number of benzene rings is 1. The Morgan fingerprint density at radius 2 is 1.81 bits per heavy atom. The highest BCUT2D eigenvalue weighted by Crippen LogP contribution is 2.40. The highest BCUT2D eigenvalue weighted by Gasteiger charge is 2.41. The molecule has 0 amide bonds. The molecule has 0 saturated carbocycles. The van der Waals surface area contributed by atoms with Gasteiger partial charge in [-0.05, 0) is 37.3 Å². The summed E-state index contributed by atoms with van der Waals surface area (Å²) in [5.41, 5.74) is -0.421. The van der Waals surface area contributed by atoms with Gasteiger partial charge in [0, 0.05) is 28.9 Å². The zero-order valence-corrected chi connectivity index (χ0v) is 16.8. The molecule has 0 aliphatic heterocycles. The zero-order valence-electron chi connectivity index (χ0n) is 16.0. The van der Waals surface area contributed by atoms with Gasteiger partial charge < -0.3 is 14.2 Å². The number of halogens is 7. The first-order valence-corrected chi connectivity index (χ1v) is 8.75. The number of hydrogen-bond donors (Lipinski definition) is 1. The second kappa shape index (κ2) is 8.34. The van der Waals surface area contributed by atoms with Crippen LogP contribution in [0.25, 0.3) is 33.9 Å². The summed E-state index contributed by atoms with van der Waals surface area (Å²) < 4.78 is 88.1. The van der Waals surface area contributed by atoms with Crippen molar-refractivity contribution in [3.8, 4) is 28.6 Å². The van der Waals surface area contributed by atoms with Gasteiger partial charge in [-0.1, -0.05) is 5.16 Å². The number of H-pyrrole nitrogens is 1. The van der Waals surface area contributed by atoms with E-state index in [-0.39, 0.29) is 29.7 Å². The molecule has 32 heavy (non-hydrogen) atoms. The Bertz CT molecular complexity index is 1230. The second-order valence-corrected chi connectivity index (χ2v) is 6.53. The van der Waals surface area contributed by atoms with Crippen LogP contribution in [0.15, 0.2) is 47.2 Å². The predicted molar refractivity (Wildman–Crippen MR) is 103 cm³/mol. The lowest BCUT2D eigenvalue weighted by atomic mass is 10.1. The van der Waals surface area contributed by atoms with Crippen molar-refractivity contribution < 1.29 is 35.6 Å². The largest absolute Gasteiger partial charge is 0.481 e. The first kappa shape index (κ1) is 23.4. The highest BCUT2D eigenvalue weighted by molar-refractivity contribution is 5.90. The minimum atomic E-state index is -4.97. The van der Waals surface area contributed by atoms with Gasteiger partial charge in [0.25, 0.3) is 5.89 Å². The Kier molecular flexibility index (Phi) is 6.09. The molecule has 13 heteroatoms. The van der Waals surface area contributed by atoms with E-state index in [9.17, 15) is 26.3 Å². The molecule has 0 saturated heterocycles. The number of hydrogen-bond acceptors (Lipinski definition) is 5. The first-order valence-electron chi connectivity index (χ1n) is 8.75. The van der Waals surface area contributed by atoms with E-state index < -0.39 is 29.8 Å². The lowest BCUT2D eigenvalue weighted by Crippen LogP contribution is -2.31. The monoisotopic (exact) mass is 478 g/mol. The lowest BCUT2D eigenvalue weighted by Gasteiger charge is -2.20. The molecular formula is C19H13ClF6N4O2. The van der Waals surface area contributed by atoms with Crippen molar-refractivity contribution in [2.24, 2.45) is 0 Å².